The van der Waals surface area contributed by atoms with Gasteiger partial charge in [0, 0.05) is 37.9 Å². The van der Waals surface area contributed by atoms with Crippen molar-refractivity contribution in [2.45, 2.75) is 64.2 Å². The van der Waals surface area contributed by atoms with Crippen LogP contribution in [0.5, 0.6) is 0 Å². The highest BCUT2D eigenvalue weighted by Gasteiger charge is 2.32. The van der Waals surface area contributed by atoms with Gasteiger partial charge in [0.1, 0.15) is 5.56 Å². The Kier molecular flexibility index (Phi) is 4.88. The Hall–Kier alpha value is -1.66. The van der Waals surface area contributed by atoms with Crippen molar-refractivity contribution < 1.29 is 9.53 Å². The second-order valence-corrected chi connectivity index (χ2v) is 8.10. The van der Waals surface area contributed by atoms with Crippen LogP contribution in [0.1, 0.15) is 54.7 Å². The lowest BCUT2D eigenvalue weighted by molar-refractivity contribution is -0.0856. The monoisotopic (exact) mass is 359 g/mol. The summed E-state index contributed by atoms with van der Waals surface area (Å²) in [5, 5.41) is 0. The third-order valence-corrected chi connectivity index (χ3v) is 6.03. The van der Waals surface area contributed by atoms with Crippen molar-refractivity contribution in [3.05, 3.63) is 33.2 Å². The average Bonchev–Trinajstić information content (AvgIpc) is 3.07. The molecule has 26 heavy (non-hydrogen) atoms. The molecule has 0 spiro atoms. The number of H-pyrrole nitrogens is 1. The van der Waals surface area contributed by atoms with Crippen molar-refractivity contribution in [1.29, 1.82) is 0 Å². The summed E-state index contributed by atoms with van der Waals surface area (Å²) in [7, 11) is 0. The van der Waals surface area contributed by atoms with Gasteiger partial charge in [0.25, 0.3) is 11.5 Å². The molecule has 6 heteroatoms. The van der Waals surface area contributed by atoms with Gasteiger partial charge in [0.05, 0.1) is 12.2 Å². The molecule has 1 aromatic heterocycles. The van der Waals surface area contributed by atoms with E-state index in [1.54, 1.807) is 0 Å². The molecule has 1 amide bonds. The minimum Gasteiger partial charge on any atom is -0.373 e. The van der Waals surface area contributed by atoms with Crippen LogP contribution in [-0.4, -0.2) is 65.1 Å². The van der Waals surface area contributed by atoms with Crippen LogP contribution in [0.15, 0.2) is 10.9 Å². The molecule has 2 atom stereocenters. The van der Waals surface area contributed by atoms with E-state index >= 15 is 0 Å². The molecule has 0 bridgehead atoms. The van der Waals surface area contributed by atoms with Gasteiger partial charge in [-0.25, -0.2) is 0 Å². The number of aromatic nitrogens is 1. The fourth-order valence-corrected chi connectivity index (χ4v) is 4.79. The molecule has 2 saturated heterocycles. The fourth-order valence-electron chi connectivity index (χ4n) is 4.79. The van der Waals surface area contributed by atoms with Gasteiger partial charge in [0.2, 0.25) is 0 Å². The van der Waals surface area contributed by atoms with E-state index in [9.17, 15) is 9.59 Å². The van der Waals surface area contributed by atoms with Crippen LogP contribution in [-0.2, 0) is 17.6 Å². The van der Waals surface area contributed by atoms with Crippen LogP contribution in [0.4, 0.5) is 0 Å². The van der Waals surface area contributed by atoms with Gasteiger partial charge in [-0.3, -0.25) is 14.5 Å². The normalized spacial score (nSPS) is 27.5. The highest BCUT2D eigenvalue weighted by Crippen LogP contribution is 2.23. The number of carbonyl (C=O) groups is 1. The summed E-state index contributed by atoms with van der Waals surface area (Å²) >= 11 is 0. The first-order valence-corrected chi connectivity index (χ1v) is 9.95. The van der Waals surface area contributed by atoms with Gasteiger partial charge in [-0.2, -0.15) is 0 Å². The average molecular weight is 359 g/mol. The number of amides is 1. The van der Waals surface area contributed by atoms with E-state index in [0.29, 0.717) is 11.6 Å². The van der Waals surface area contributed by atoms with Gasteiger partial charge in [-0.05, 0) is 57.6 Å². The van der Waals surface area contributed by atoms with Crippen molar-refractivity contribution in [2.75, 3.05) is 26.2 Å². The smallest absolute Gasteiger partial charge is 0.261 e. The van der Waals surface area contributed by atoms with Crippen LogP contribution in [0.3, 0.4) is 0 Å². The molecule has 0 unspecified atom stereocenters. The number of morpholine rings is 1. The summed E-state index contributed by atoms with van der Waals surface area (Å²) in [6, 6.07) is 2.34. The molecule has 0 radical (unpaired) electrons. The van der Waals surface area contributed by atoms with E-state index in [4.69, 9.17) is 4.74 Å². The molecular formula is C20H29N3O3. The Bertz CT molecular complexity index is 726. The SMILES string of the molecule is C[C@@H]1CN(C2CCN(C(=O)c3cc4c([nH]c3=O)CCC4)CC2)C[C@H](C)O1. The molecule has 1 aliphatic carbocycles. The van der Waals surface area contributed by atoms with Crippen LogP contribution in [0.2, 0.25) is 0 Å². The standard InChI is InChI=1S/C20H29N3O3/c1-13-11-23(12-14(2)26-13)16-6-8-22(9-7-16)20(25)17-10-15-4-3-5-18(15)21-19(17)24/h10,13-14,16H,3-9,11-12H2,1-2H3,(H,21,24)/t13-,14+. The van der Waals surface area contributed by atoms with Crippen LogP contribution >= 0.6 is 0 Å². The summed E-state index contributed by atoms with van der Waals surface area (Å²) in [6.45, 7) is 7.63. The Morgan fingerprint density at radius 3 is 2.54 bits per heavy atom. The second-order valence-electron chi connectivity index (χ2n) is 8.10. The highest BCUT2D eigenvalue weighted by atomic mass is 16.5. The summed E-state index contributed by atoms with van der Waals surface area (Å²) < 4.78 is 5.83. The maximum Gasteiger partial charge on any atom is 0.261 e. The zero-order chi connectivity index (χ0) is 18.3. The third-order valence-electron chi connectivity index (χ3n) is 6.03. The van der Waals surface area contributed by atoms with E-state index in [-0.39, 0.29) is 23.7 Å². The number of piperidine rings is 1. The number of ether oxygens (including phenoxy) is 1. The van der Waals surface area contributed by atoms with Crippen molar-refractivity contribution >= 4 is 5.91 Å². The number of nitrogens with one attached hydrogen (secondary N) is 1. The largest absolute Gasteiger partial charge is 0.373 e. The highest BCUT2D eigenvalue weighted by molar-refractivity contribution is 5.94. The Labute approximate surface area is 154 Å². The minimum atomic E-state index is -0.228. The first-order chi connectivity index (χ1) is 12.5. The van der Waals surface area contributed by atoms with Gasteiger partial charge < -0.3 is 14.6 Å². The van der Waals surface area contributed by atoms with Gasteiger partial charge in [0.15, 0.2) is 0 Å². The summed E-state index contributed by atoms with van der Waals surface area (Å²) in [6.07, 6.45) is 5.40. The number of hydrogen-bond acceptors (Lipinski definition) is 4. The molecule has 0 saturated carbocycles. The molecule has 3 heterocycles. The topological polar surface area (TPSA) is 65.6 Å². The van der Waals surface area contributed by atoms with Crippen LogP contribution in [0, 0.1) is 0 Å². The Morgan fingerprint density at radius 2 is 1.85 bits per heavy atom. The molecule has 0 aromatic carbocycles. The lowest BCUT2D eigenvalue weighted by Crippen LogP contribution is -2.54. The van der Waals surface area contributed by atoms with E-state index in [1.165, 1.54) is 0 Å². The fraction of sp³-hybridized carbons (Fsp3) is 0.700. The van der Waals surface area contributed by atoms with Crippen LogP contribution in [0.25, 0.3) is 0 Å². The number of hydrogen-bond donors (Lipinski definition) is 1. The number of rotatable bonds is 2. The quantitative estimate of drug-likeness (QED) is 0.871. The summed E-state index contributed by atoms with van der Waals surface area (Å²) in [5.74, 6) is -0.108. The van der Waals surface area contributed by atoms with E-state index in [0.717, 1.165) is 69.5 Å². The van der Waals surface area contributed by atoms with E-state index < -0.39 is 0 Å². The van der Waals surface area contributed by atoms with Gasteiger partial charge in [-0.1, -0.05) is 0 Å². The number of pyridine rings is 1. The number of nitrogens with zero attached hydrogens (tertiary/aromatic N) is 2. The Morgan fingerprint density at radius 1 is 1.15 bits per heavy atom. The number of aryl methyl sites for hydroxylation is 2. The van der Waals surface area contributed by atoms with E-state index in [2.05, 4.69) is 23.7 Å². The third kappa shape index (κ3) is 3.45. The first kappa shape index (κ1) is 17.7. The molecule has 1 aromatic rings. The predicted octanol–water partition coefficient (Wildman–Crippen LogP) is 1.58. The molecule has 6 nitrogen and oxygen atoms in total. The summed E-state index contributed by atoms with van der Waals surface area (Å²) in [5.41, 5.74) is 2.24. The molecule has 3 aliphatic rings. The van der Waals surface area contributed by atoms with Crippen molar-refractivity contribution in [3.8, 4) is 0 Å². The molecule has 4 rings (SSSR count). The maximum atomic E-state index is 12.9. The molecule has 142 valence electrons. The number of likely N-dealkylation sites (tertiary alicyclic amines) is 1. The molecule has 2 fully saturated rings. The minimum absolute atomic E-state index is 0.108. The number of aromatic amines is 1. The number of fused-ring (bicyclic) bond motifs is 1. The van der Waals surface area contributed by atoms with Crippen molar-refractivity contribution in [1.82, 2.24) is 14.8 Å². The molecule has 2 aliphatic heterocycles. The zero-order valence-electron chi connectivity index (χ0n) is 15.8. The molecule has 1 N–H and O–H groups in total. The van der Waals surface area contributed by atoms with Crippen LogP contribution < -0.4 is 5.56 Å². The number of carbonyl (C=O) groups excluding carboxylic acids is 1. The first-order valence-electron chi connectivity index (χ1n) is 9.95. The lowest BCUT2D eigenvalue weighted by atomic mass is 10.0. The van der Waals surface area contributed by atoms with Crippen molar-refractivity contribution in [3.63, 3.8) is 0 Å². The lowest BCUT2D eigenvalue weighted by Gasteiger charge is -2.43. The summed E-state index contributed by atoms with van der Waals surface area (Å²) in [4.78, 5) is 32.5. The second kappa shape index (κ2) is 7.16. The predicted molar refractivity (Wildman–Crippen MR) is 99.6 cm³/mol. The van der Waals surface area contributed by atoms with Gasteiger partial charge in [-0.15, -0.1) is 0 Å². The Balaban J connectivity index is 1.40. The van der Waals surface area contributed by atoms with Gasteiger partial charge >= 0.3 is 0 Å². The molecular weight excluding hydrogens is 330 g/mol. The van der Waals surface area contributed by atoms with Crippen molar-refractivity contribution in [2.24, 2.45) is 0 Å². The zero-order valence-corrected chi connectivity index (χ0v) is 15.8. The maximum absolute atomic E-state index is 12.9. The van der Waals surface area contributed by atoms with E-state index in [1.807, 2.05) is 11.0 Å².